The van der Waals surface area contributed by atoms with Gasteiger partial charge in [0.15, 0.2) is 0 Å². The number of carbonyl (C=O) groups excluding carboxylic acids is 1. The Morgan fingerprint density at radius 2 is 1.79 bits per heavy atom. The van der Waals surface area contributed by atoms with E-state index >= 15 is 0 Å². The molecule has 118 valence electrons. The molecule has 0 spiro atoms. The van der Waals surface area contributed by atoms with Gasteiger partial charge in [-0.2, -0.15) is 5.10 Å². The van der Waals surface area contributed by atoms with Gasteiger partial charge in [-0.1, -0.05) is 48.5 Å². The molecule has 0 aliphatic carbocycles. The van der Waals surface area contributed by atoms with Crippen LogP contribution in [0, 0.1) is 0 Å². The summed E-state index contributed by atoms with van der Waals surface area (Å²) in [4.78, 5) is 14.2. The SMILES string of the molecule is CN1C(=O)C(=Cc2cnn(Cc3ccccc3)c2)c2ccccc21. The van der Waals surface area contributed by atoms with Crippen LogP contribution in [0.2, 0.25) is 0 Å². The zero-order valence-corrected chi connectivity index (χ0v) is 13.4. The average molecular weight is 315 g/mol. The molecule has 4 heteroatoms. The van der Waals surface area contributed by atoms with Crippen LogP contribution >= 0.6 is 0 Å². The zero-order chi connectivity index (χ0) is 16.5. The van der Waals surface area contributed by atoms with Crippen LogP contribution in [0.5, 0.6) is 0 Å². The van der Waals surface area contributed by atoms with Crippen molar-refractivity contribution in [3.8, 4) is 0 Å². The van der Waals surface area contributed by atoms with Gasteiger partial charge in [0.2, 0.25) is 0 Å². The molecule has 1 aliphatic rings. The Kier molecular flexibility index (Phi) is 3.50. The van der Waals surface area contributed by atoms with Crippen LogP contribution in [0.15, 0.2) is 67.0 Å². The maximum Gasteiger partial charge on any atom is 0.258 e. The number of hydrogen-bond acceptors (Lipinski definition) is 2. The first kappa shape index (κ1) is 14.5. The molecule has 4 rings (SSSR count). The molecular formula is C20H17N3O. The van der Waals surface area contributed by atoms with Gasteiger partial charge in [-0.3, -0.25) is 9.48 Å². The van der Waals surface area contributed by atoms with Gasteiger partial charge in [0.1, 0.15) is 0 Å². The number of para-hydroxylation sites is 1. The van der Waals surface area contributed by atoms with Crippen LogP contribution in [-0.2, 0) is 11.3 Å². The molecule has 0 saturated carbocycles. The van der Waals surface area contributed by atoms with Crippen LogP contribution in [0.25, 0.3) is 11.6 Å². The normalized spacial score (nSPS) is 15.1. The van der Waals surface area contributed by atoms with Gasteiger partial charge in [-0.15, -0.1) is 0 Å². The Bertz CT molecular complexity index is 925. The van der Waals surface area contributed by atoms with Gasteiger partial charge in [0, 0.05) is 29.9 Å². The highest BCUT2D eigenvalue weighted by atomic mass is 16.2. The Hall–Kier alpha value is -3.14. The van der Waals surface area contributed by atoms with Crippen molar-refractivity contribution in [1.82, 2.24) is 9.78 Å². The minimum absolute atomic E-state index is 0.0204. The molecule has 0 N–H and O–H groups in total. The lowest BCUT2D eigenvalue weighted by Gasteiger charge is -2.07. The second-order valence-corrected chi connectivity index (χ2v) is 5.90. The molecule has 4 nitrogen and oxygen atoms in total. The molecule has 1 aliphatic heterocycles. The molecular weight excluding hydrogens is 298 g/mol. The second kappa shape index (κ2) is 5.81. The van der Waals surface area contributed by atoms with Crippen molar-refractivity contribution in [3.63, 3.8) is 0 Å². The second-order valence-electron chi connectivity index (χ2n) is 5.90. The maximum atomic E-state index is 12.5. The number of anilines is 1. The lowest BCUT2D eigenvalue weighted by molar-refractivity contribution is -0.112. The van der Waals surface area contributed by atoms with Crippen molar-refractivity contribution < 1.29 is 4.79 Å². The maximum absolute atomic E-state index is 12.5. The lowest BCUT2D eigenvalue weighted by Crippen LogP contribution is -2.20. The zero-order valence-electron chi connectivity index (χ0n) is 13.4. The first-order valence-corrected chi connectivity index (χ1v) is 7.88. The number of fused-ring (bicyclic) bond motifs is 1. The number of benzene rings is 2. The highest BCUT2D eigenvalue weighted by Crippen LogP contribution is 2.36. The number of rotatable bonds is 3. The van der Waals surface area contributed by atoms with E-state index in [1.54, 1.807) is 18.1 Å². The fourth-order valence-electron chi connectivity index (χ4n) is 3.02. The summed E-state index contributed by atoms with van der Waals surface area (Å²) in [6, 6.07) is 18.0. The third-order valence-electron chi connectivity index (χ3n) is 4.24. The summed E-state index contributed by atoms with van der Waals surface area (Å²) in [5.74, 6) is 0.0204. The minimum Gasteiger partial charge on any atom is -0.311 e. The van der Waals surface area contributed by atoms with Gasteiger partial charge in [-0.25, -0.2) is 0 Å². The third kappa shape index (κ3) is 2.52. The Morgan fingerprint density at radius 1 is 1.04 bits per heavy atom. The van der Waals surface area contributed by atoms with Crippen molar-refractivity contribution in [3.05, 3.63) is 83.7 Å². The molecule has 0 saturated heterocycles. The summed E-state index contributed by atoms with van der Waals surface area (Å²) < 4.78 is 1.89. The summed E-state index contributed by atoms with van der Waals surface area (Å²) in [6.07, 6.45) is 5.68. The fourth-order valence-corrected chi connectivity index (χ4v) is 3.02. The highest BCUT2D eigenvalue weighted by Gasteiger charge is 2.29. The number of carbonyl (C=O) groups is 1. The number of nitrogens with zero attached hydrogens (tertiary/aromatic N) is 3. The summed E-state index contributed by atoms with van der Waals surface area (Å²) >= 11 is 0. The molecule has 2 aromatic carbocycles. The number of hydrogen-bond donors (Lipinski definition) is 0. The van der Waals surface area contributed by atoms with Crippen LogP contribution in [-0.4, -0.2) is 22.7 Å². The molecule has 24 heavy (non-hydrogen) atoms. The molecule has 1 aromatic heterocycles. The van der Waals surface area contributed by atoms with Crippen molar-refractivity contribution in [1.29, 1.82) is 0 Å². The topological polar surface area (TPSA) is 38.1 Å². The van der Waals surface area contributed by atoms with E-state index in [1.807, 2.05) is 59.4 Å². The average Bonchev–Trinajstić information content (AvgIpc) is 3.15. The van der Waals surface area contributed by atoms with Crippen LogP contribution in [0.1, 0.15) is 16.7 Å². The van der Waals surface area contributed by atoms with Crippen molar-refractivity contribution >= 4 is 23.2 Å². The van der Waals surface area contributed by atoms with Crippen LogP contribution in [0.4, 0.5) is 5.69 Å². The standard InChI is InChI=1S/C20H17N3O/c1-22-19-10-6-5-9-17(19)18(20(22)24)11-16-12-21-23(14-16)13-15-7-3-2-4-8-15/h2-12,14H,13H2,1H3. The summed E-state index contributed by atoms with van der Waals surface area (Å²) in [6.45, 7) is 0.717. The number of amides is 1. The lowest BCUT2D eigenvalue weighted by atomic mass is 10.1. The van der Waals surface area contributed by atoms with E-state index in [0.29, 0.717) is 12.1 Å². The van der Waals surface area contributed by atoms with Gasteiger partial charge in [0.05, 0.1) is 18.4 Å². The molecule has 0 bridgehead atoms. The van der Waals surface area contributed by atoms with Crippen molar-refractivity contribution in [2.45, 2.75) is 6.54 Å². The van der Waals surface area contributed by atoms with Gasteiger partial charge >= 0.3 is 0 Å². The monoisotopic (exact) mass is 315 g/mol. The van der Waals surface area contributed by atoms with Gasteiger partial charge in [0.25, 0.3) is 5.91 Å². The molecule has 2 heterocycles. The molecule has 3 aromatic rings. The van der Waals surface area contributed by atoms with Crippen LogP contribution < -0.4 is 4.90 Å². The molecule has 1 amide bonds. The van der Waals surface area contributed by atoms with Crippen molar-refractivity contribution in [2.24, 2.45) is 0 Å². The van der Waals surface area contributed by atoms with E-state index in [2.05, 4.69) is 17.2 Å². The van der Waals surface area contributed by atoms with E-state index in [4.69, 9.17) is 0 Å². The largest absolute Gasteiger partial charge is 0.311 e. The Morgan fingerprint density at radius 3 is 2.62 bits per heavy atom. The van der Waals surface area contributed by atoms with E-state index in [0.717, 1.165) is 16.8 Å². The van der Waals surface area contributed by atoms with E-state index in [1.165, 1.54) is 5.56 Å². The fraction of sp³-hybridized carbons (Fsp3) is 0.100. The van der Waals surface area contributed by atoms with Crippen LogP contribution in [0.3, 0.4) is 0 Å². The summed E-state index contributed by atoms with van der Waals surface area (Å²) in [7, 11) is 1.81. The highest BCUT2D eigenvalue weighted by molar-refractivity contribution is 6.35. The summed E-state index contributed by atoms with van der Waals surface area (Å²) in [5.41, 5.74) is 4.76. The predicted octanol–water partition coefficient (Wildman–Crippen LogP) is 3.45. The first-order chi connectivity index (χ1) is 11.7. The number of likely N-dealkylation sites (N-methyl/N-ethyl adjacent to an activating group) is 1. The predicted molar refractivity (Wildman–Crippen MR) is 95.5 cm³/mol. The smallest absolute Gasteiger partial charge is 0.258 e. The third-order valence-corrected chi connectivity index (χ3v) is 4.24. The molecule has 0 atom stereocenters. The van der Waals surface area contributed by atoms with Gasteiger partial charge in [-0.05, 0) is 17.7 Å². The molecule has 0 radical (unpaired) electrons. The Balaban J connectivity index is 1.64. The first-order valence-electron chi connectivity index (χ1n) is 7.88. The van der Waals surface area contributed by atoms with E-state index < -0.39 is 0 Å². The summed E-state index contributed by atoms with van der Waals surface area (Å²) in [5, 5.41) is 4.40. The van der Waals surface area contributed by atoms with Gasteiger partial charge < -0.3 is 4.90 Å². The number of aromatic nitrogens is 2. The molecule has 0 unspecified atom stereocenters. The Labute approximate surface area is 140 Å². The quantitative estimate of drug-likeness (QED) is 0.694. The molecule has 0 fully saturated rings. The van der Waals surface area contributed by atoms with E-state index in [-0.39, 0.29) is 5.91 Å². The minimum atomic E-state index is 0.0204. The van der Waals surface area contributed by atoms with E-state index in [9.17, 15) is 4.79 Å². The van der Waals surface area contributed by atoms with Crippen molar-refractivity contribution in [2.75, 3.05) is 11.9 Å².